The van der Waals surface area contributed by atoms with Gasteiger partial charge in [-0.3, -0.25) is 4.98 Å². The highest BCUT2D eigenvalue weighted by Gasteiger charge is 2.03. The monoisotopic (exact) mass is 284 g/mol. The summed E-state index contributed by atoms with van der Waals surface area (Å²) in [6, 6.07) is 11.8. The molecule has 0 radical (unpaired) electrons. The molecule has 0 spiro atoms. The lowest BCUT2D eigenvalue weighted by Gasteiger charge is -2.16. The Morgan fingerprint density at radius 2 is 1.81 bits per heavy atom. The quantitative estimate of drug-likeness (QED) is 0.367. The third-order valence-corrected chi connectivity index (χ3v) is 3.34. The van der Waals surface area contributed by atoms with Gasteiger partial charge in [0.15, 0.2) is 5.84 Å². The van der Waals surface area contributed by atoms with Gasteiger partial charge in [0.25, 0.3) is 0 Å². The second kappa shape index (κ2) is 7.40. The first-order valence-corrected chi connectivity index (χ1v) is 6.83. The summed E-state index contributed by atoms with van der Waals surface area (Å²) in [6.07, 6.45) is 4.64. The molecule has 3 N–H and O–H groups in total. The van der Waals surface area contributed by atoms with Crippen molar-refractivity contribution in [2.75, 3.05) is 13.6 Å². The molecule has 0 aliphatic heterocycles. The van der Waals surface area contributed by atoms with Crippen LogP contribution in [0.3, 0.4) is 0 Å². The largest absolute Gasteiger partial charge is 0.409 e. The molecule has 2 rings (SSSR count). The molecule has 2 aromatic rings. The molecule has 1 aromatic heterocycles. The molecule has 0 saturated heterocycles. The molecule has 1 aromatic carbocycles. The van der Waals surface area contributed by atoms with Gasteiger partial charge in [-0.25, -0.2) is 0 Å². The highest BCUT2D eigenvalue weighted by atomic mass is 16.4. The average molecular weight is 284 g/mol. The van der Waals surface area contributed by atoms with Crippen LogP contribution in [-0.2, 0) is 13.0 Å². The van der Waals surface area contributed by atoms with E-state index < -0.39 is 0 Å². The summed E-state index contributed by atoms with van der Waals surface area (Å²) in [7, 11) is 2.10. The third-order valence-electron chi connectivity index (χ3n) is 3.34. The third kappa shape index (κ3) is 4.57. The van der Waals surface area contributed by atoms with Crippen molar-refractivity contribution in [3.63, 3.8) is 0 Å². The predicted octanol–water partition coefficient (Wildman–Crippen LogP) is 1.85. The van der Waals surface area contributed by atoms with Gasteiger partial charge in [0.05, 0.1) is 0 Å². The van der Waals surface area contributed by atoms with Crippen molar-refractivity contribution in [3.8, 4) is 0 Å². The second-order valence-electron chi connectivity index (χ2n) is 5.03. The Bertz CT molecular complexity index is 581. The fourth-order valence-electron chi connectivity index (χ4n) is 2.10. The zero-order valence-electron chi connectivity index (χ0n) is 12.1. The number of pyridine rings is 1. The van der Waals surface area contributed by atoms with Crippen molar-refractivity contribution < 1.29 is 5.21 Å². The van der Waals surface area contributed by atoms with E-state index in [0.717, 1.165) is 25.1 Å². The zero-order chi connectivity index (χ0) is 15.1. The Morgan fingerprint density at radius 1 is 1.14 bits per heavy atom. The highest BCUT2D eigenvalue weighted by molar-refractivity contribution is 5.96. The molecule has 0 unspecified atom stereocenters. The normalized spacial score (nSPS) is 11.8. The Hall–Kier alpha value is -2.40. The molecule has 0 fully saturated rings. The van der Waals surface area contributed by atoms with Crippen molar-refractivity contribution in [3.05, 3.63) is 65.5 Å². The number of likely N-dealkylation sites (N-methyl/N-ethyl adjacent to an activating group) is 1. The number of aromatic nitrogens is 1. The molecule has 0 saturated carbocycles. The van der Waals surface area contributed by atoms with Gasteiger partial charge in [-0.15, -0.1) is 0 Å². The van der Waals surface area contributed by atoms with Crippen LogP contribution in [0.15, 0.2) is 53.9 Å². The summed E-state index contributed by atoms with van der Waals surface area (Å²) in [6.45, 7) is 1.84. The second-order valence-corrected chi connectivity index (χ2v) is 5.03. The van der Waals surface area contributed by atoms with E-state index in [9.17, 15) is 0 Å². The lowest BCUT2D eigenvalue weighted by molar-refractivity contribution is 0.318. The van der Waals surface area contributed by atoms with Gasteiger partial charge in [-0.1, -0.05) is 29.4 Å². The van der Waals surface area contributed by atoms with Crippen molar-refractivity contribution in [2.45, 2.75) is 13.0 Å². The van der Waals surface area contributed by atoms with Gasteiger partial charge in [-0.05, 0) is 36.7 Å². The average Bonchev–Trinajstić information content (AvgIpc) is 2.54. The minimum absolute atomic E-state index is 0.132. The SMILES string of the molecule is CN(CCc1ccncc1)Cc1ccc(C(N)=NO)cc1. The van der Waals surface area contributed by atoms with E-state index in [0.29, 0.717) is 0 Å². The summed E-state index contributed by atoms with van der Waals surface area (Å²) in [5, 5.41) is 11.6. The Morgan fingerprint density at radius 3 is 2.43 bits per heavy atom. The van der Waals surface area contributed by atoms with Gasteiger partial charge in [0.1, 0.15) is 0 Å². The molecule has 110 valence electrons. The van der Waals surface area contributed by atoms with E-state index >= 15 is 0 Å². The summed E-state index contributed by atoms with van der Waals surface area (Å²) in [5.41, 5.74) is 8.75. The summed E-state index contributed by atoms with van der Waals surface area (Å²) in [5.74, 6) is 0.132. The van der Waals surface area contributed by atoms with E-state index in [1.807, 2.05) is 48.8 Å². The molecule has 0 atom stereocenters. The van der Waals surface area contributed by atoms with E-state index in [-0.39, 0.29) is 5.84 Å². The molecule has 0 bridgehead atoms. The summed E-state index contributed by atoms with van der Waals surface area (Å²) in [4.78, 5) is 6.28. The zero-order valence-corrected chi connectivity index (χ0v) is 12.1. The number of hydrogen-bond donors (Lipinski definition) is 2. The summed E-state index contributed by atoms with van der Waals surface area (Å²) >= 11 is 0. The van der Waals surface area contributed by atoms with Crippen LogP contribution >= 0.6 is 0 Å². The first kappa shape index (κ1) is 15.0. The van der Waals surface area contributed by atoms with Crippen molar-refractivity contribution in [1.29, 1.82) is 0 Å². The van der Waals surface area contributed by atoms with E-state index in [4.69, 9.17) is 10.9 Å². The van der Waals surface area contributed by atoms with Crippen molar-refractivity contribution >= 4 is 5.84 Å². The molecular weight excluding hydrogens is 264 g/mol. The fraction of sp³-hybridized carbons (Fsp3) is 0.250. The first-order chi connectivity index (χ1) is 10.2. The highest BCUT2D eigenvalue weighted by Crippen LogP contribution is 2.08. The van der Waals surface area contributed by atoms with Gasteiger partial charge in [0, 0.05) is 31.0 Å². The Balaban J connectivity index is 1.86. The molecule has 5 nitrogen and oxygen atoms in total. The standard InChI is InChI=1S/C16H20N4O/c1-20(11-8-13-6-9-18-10-7-13)12-14-2-4-15(5-3-14)16(17)19-21/h2-7,9-10,21H,8,11-12H2,1H3,(H2,17,19). The first-order valence-electron chi connectivity index (χ1n) is 6.83. The topological polar surface area (TPSA) is 74.7 Å². The molecular formula is C16H20N4O. The maximum Gasteiger partial charge on any atom is 0.170 e. The number of rotatable bonds is 6. The molecule has 0 aliphatic rings. The number of oxime groups is 1. The van der Waals surface area contributed by atoms with Gasteiger partial charge < -0.3 is 15.8 Å². The predicted molar refractivity (Wildman–Crippen MR) is 83.2 cm³/mol. The Labute approximate surface area is 124 Å². The van der Waals surface area contributed by atoms with Gasteiger partial charge >= 0.3 is 0 Å². The van der Waals surface area contributed by atoms with Crippen LogP contribution in [0, 0.1) is 0 Å². The number of nitrogens with zero attached hydrogens (tertiary/aromatic N) is 3. The number of hydrogen-bond acceptors (Lipinski definition) is 4. The molecule has 1 heterocycles. The van der Waals surface area contributed by atoms with Crippen LogP contribution in [0.4, 0.5) is 0 Å². The Kier molecular flexibility index (Phi) is 5.29. The maximum atomic E-state index is 8.63. The van der Waals surface area contributed by atoms with Crippen molar-refractivity contribution in [2.24, 2.45) is 10.9 Å². The smallest absolute Gasteiger partial charge is 0.170 e. The lowest BCUT2D eigenvalue weighted by Crippen LogP contribution is -2.21. The minimum Gasteiger partial charge on any atom is -0.409 e. The number of amidine groups is 1. The number of benzene rings is 1. The van der Waals surface area contributed by atoms with E-state index in [2.05, 4.69) is 22.1 Å². The van der Waals surface area contributed by atoms with E-state index in [1.165, 1.54) is 11.1 Å². The molecule has 21 heavy (non-hydrogen) atoms. The fourth-order valence-corrected chi connectivity index (χ4v) is 2.10. The summed E-state index contributed by atoms with van der Waals surface area (Å²) < 4.78 is 0. The van der Waals surface area contributed by atoms with Crippen LogP contribution in [0.2, 0.25) is 0 Å². The van der Waals surface area contributed by atoms with Crippen LogP contribution in [-0.4, -0.2) is 34.5 Å². The van der Waals surface area contributed by atoms with Crippen molar-refractivity contribution in [1.82, 2.24) is 9.88 Å². The van der Waals surface area contributed by atoms with Crippen LogP contribution in [0.25, 0.3) is 0 Å². The van der Waals surface area contributed by atoms with Crippen LogP contribution in [0.1, 0.15) is 16.7 Å². The van der Waals surface area contributed by atoms with Gasteiger partial charge in [0.2, 0.25) is 0 Å². The van der Waals surface area contributed by atoms with Gasteiger partial charge in [-0.2, -0.15) is 0 Å². The van der Waals surface area contributed by atoms with E-state index in [1.54, 1.807) is 0 Å². The van der Waals surface area contributed by atoms with Crippen LogP contribution in [0.5, 0.6) is 0 Å². The number of nitrogens with two attached hydrogens (primary N) is 1. The minimum atomic E-state index is 0.132. The van der Waals surface area contributed by atoms with Crippen LogP contribution < -0.4 is 5.73 Å². The molecule has 0 aliphatic carbocycles. The molecule has 5 heteroatoms. The molecule has 0 amide bonds. The lowest BCUT2D eigenvalue weighted by atomic mass is 10.1. The maximum absolute atomic E-state index is 8.63.